The summed E-state index contributed by atoms with van der Waals surface area (Å²) in [5.74, 6) is 0.300. The first-order chi connectivity index (χ1) is 16.8. The molecule has 4 nitrogen and oxygen atoms in total. The number of ether oxygens (including phenoxy) is 1. The highest BCUT2D eigenvalue weighted by molar-refractivity contribution is 5.89. The lowest BCUT2D eigenvalue weighted by Crippen LogP contribution is -2.37. The maximum Gasteiger partial charge on any atom is 0.414 e. The van der Waals surface area contributed by atoms with Gasteiger partial charge in [-0.2, -0.15) is 0 Å². The first kappa shape index (κ1) is 31.3. The van der Waals surface area contributed by atoms with Gasteiger partial charge in [0.15, 0.2) is 0 Å². The van der Waals surface area contributed by atoms with Crippen molar-refractivity contribution in [3.63, 3.8) is 0 Å². The Bertz CT molecular complexity index is 958. The van der Waals surface area contributed by atoms with Crippen LogP contribution in [0.1, 0.15) is 104 Å². The Morgan fingerprint density at radius 3 is 2.00 bits per heavy atom. The van der Waals surface area contributed by atoms with E-state index in [-0.39, 0.29) is 0 Å². The summed E-state index contributed by atoms with van der Waals surface area (Å²) in [6.45, 7) is 17.2. The maximum absolute atomic E-state index is 14.1. The van der Waals surface area contributed by atoms with Crippen molar-refractivity contribution in [1.29, 1.82) is 0 Å². The standard InChI is InChI=1S/C18H26FNO3.C13H20/c1-8-20(16(22)23-17(3,4)5)15-10-13(19)9-14(12(15)2)18(6,7)11-21;1-3-8-12(9-4-2)13-10-6-5-7-11-13/h9-11H,8H2,1-7H3;5-7,10-12H,3-4,8-9H2,1-2H3. The lowest BCUT2D eigenvalue weighted by Gasteiger charge is -2.30. The fraction of sp³-hybridized carbons (Fsp3) is 0.548. The number of benzene rings is 2. The highest BCUT2D eigenvalue weighted by Crippen LogP contribution is 2.33. The van der Waals surface area contributed by atoms with Crippen molar-refractivity contribution in [3.05, 3.63) is 65.0 Å². The fourth-order valence-electron chi connectivity index (χ4n) is 4.29. The Labute approximate surface area is 218 Å². The Morgan fingerprint density at radius 1 is 1.00 bits per heavy atom. The molecule has 2 aromatic rings. The van der Waals surface area contributed by atoms with Gasteiger partial charge >= 0.3 is 6.09 Å². The van der Waals surface area contributed by atoms with Crippen molar-refractivity contribution >= 4 is 18.1 Å². The minimum absolute atomic E-state index is 0.333. The third-order valence-corrected chi connectivity index (χ3v) is 6.10. The van der Waals surface area contributed by atoms with Gasteiger partial charge in [0.1, 0.15) is 17.7 Å². The van der Waals surface area contributed by atoms with E-state index in [0.717, 1.165) is 12.2 Å². The largest absolute Gasteiger partial charge is 0.443 e. The van der Waals surface area contributed by atoms with Crippen LogP contribution in [-0.4, -0.2) is 24.5 Å². The molecule has 0 saturated carbocycles. The van der Waals surface area contributed by atoms with Gasteiger partial charge in [0.2, 0.25) is 0 Å². The lowest BCUT2D eigenvalue weighted by molar-refractivity contribution is -0.111. The summed E-state index contributed by atoms with van der Waals surface area (Å²) in [5, 5.41) is 0. The van der Waals surface area contributed by atoms with Gasteiger partial charge in [-0.05, 0) is 96.0 Å². The predicted octanol–water partition coefficient (Wildman–Crippen LogP) is 8.74. The predicted molar refractivity (Wildman–Crippen MR) is 148 cm³/mol. The van der Waals surface area contributed by atoms with Crippen LogP contribution in [0, 0.1) is 12.7 Å². The number of anilines is 1. The van der Waals surface area contributed by atoms with E-state index in [4.69, 9.17) is 4.74 Å². The zero-order valence-corrected chi connectivity index (χ0v) is 23.8. The molecule has 2 rings (SSSR count). The normalized spacial score (nSPS) is 11.5. The summed E-state index contributed by atoms with van der Waals surface area (Å²) in [4.78, 5) is 25.1. The monoisotopic (exact) mass is 499 g/mol. The minimum Gasteiger partial charge on any atom is -0.443 e. The molecule has 2 aromatic carbocycles. The third-order valence-electron chi connectivity index (χ3n) is 6.10. The zero-order valence-electron chi connectivity index (χ0n) is 23.8. The van der Waals surface area contributed by atoms with Crippen LogP contribution in [-0.2, 0) is 14.9 Å². The molecule has 0 N–H and O–H groups in total. The van der Waals surface area contributed by atoms with Crippen LogP contribution in [0.15, 0.2) is 42.5 Å². The number of halogens is 1. The van der Waals surface area contributed by atoms with Gasteiger partial charge in [-0.15, -0.1) is 0 Å². The number of carbonyl (C=O) groups is 2. The van der Waals surface area contributed by atoms with Crippen molar-refractivity contribution in [2.75, 3.05) is 11.4 Å². The number of hydrogen-bond acceptors (Lipinski definition) is 3. The number of amides is 1. The first-order valence-corrected chi connectivity index (χ1v) is 13.1. The maximum atomic E-state index is 14.1. The molecule has 0 unspecified atom stereocenters. The SMILES string of the molecule is CCCC(CCC)c1ccccc1.CCN(C(=O)OC(C)(C)C)c1cc(F)cc(C(C)(C)C=O)c1C. The van der Waals surface area contributed by atoms with E-state index in [9.17, 15) is 14.0 Å². The highest BCUT2D eigenvalue weighted by atomic mass is 19.1. The van der Waals surface area contributed by atoms with Crippen LogP contribution in [0.3, 0.4) is 0 Å². The van der Waals surface area contributed by atoms with Crippen LogP contribution in [0.4, 0.5) is 14.9 Å². The summed E-state index contributed by atoms with van der Waals surface area (Å²) >= 11 is 0. The summed E-state index contributed by atoms with van der Waals surface area (Å²) in [6, 6.07) is 13.6. The van der Waals surface area contributed by atoms with Gasteiger partial charge in [-0.3, -0.25) is 4.90 Å². The average Bonchev–Trinajstić information content (AvgIpc) is 2.81. The van der Waals surface area contributed by atoms with Crippen molar-refractivity contribution in [2.45, 2.75) is 105 Å². The van der Waals surface area contributed by atoms with Crippen molar-refractivity contribution in [2.24, 2.45) is 0 Å². The molecular formula is C31H46FNO3. The Hall–Kier alpha value is -2.69. The van der Waals surface area contributed by atoms with E-state index < -0.39 is 22.9 Å². The van der Waals surface area contributed by atoms with Gasteiger partial charge in [-0.25, -0.2) is 9.18 Å². The van der Waals surface area contributed by atoms with Crippen LogP contribution in [0.25, 0.3) is 0 Å². The number of aldehydes is 1. The fourth-order valence-corrected chi connectivity index (χ4v) is 4.29. The van der Waals surface area contributed by atoms with Gasteiger partial charge < -0.3 is 9.53 Å². The number of rotatable bonds is 9. The van der Waals surface area contributed by atoms with Crippen molar-refractivity contribution in [3.8, 4) is 0 Å². The van der Waals surface area contributed by atoms with Gasteiger partial charge in [-0.1, -0.05) is 57.0 Å². The number of hydrogen-bond donors (Lipinski definition) is 0. The molecule has 0 aliphatic heterocycles. The second kappa shape index (κ2) is 14.2. The zero-order chi connectivity index (χ0) is 27.5. The Kier molecular flexibility index (Phi) is 12.3. The van der Waals surface area contributed by atoms with E-state index >= 15 is 0 Å². The quantitative estimate of drug-likeness (QED) is 0.324. The molecule has 0 atom stereocenters. The molecule has 0 saturated heterocycles. The van der Waals surface area contributed by atoms with Crippen LogP contribution in [0.5, 0.6) is 0 Å². The van der Waals surface area contributed by atoms with Gasteiger partial charge in [0, 0.05) is 12.0 Å². The number of carbonyl (C=O) groups excluding carboxylic acids is 2. The molecule has 0 heterocycles. The first-order valence-electron chi connectivity index (χ1n) is 13.1. The molecular weight excluding hydrogens is 453 g/mol. The van der Waals surface area contributed by atoms with E-state index in [1.807, 2.05) is 0 Å². The van der Waals surface area contributed by atoms with E-state index in [2.05, 4.69) is 44.2 Å². The molecule has 36 heavy (non-hydrogen) atoms. The number of nitrogens with zero attached hydrogens (tertiary/aromatic N) is 1. The molecule has 0 aliphatic carbocycles. The van der Waals surface area contributed by atoms with Crippen LogP contribution >= 0.6 is 0 Å². The van der Waals surface area contributed by atoms with Crippen molar-refractivity contribution < 1.29 is 18.7 Å². The molecule has 5 heteroatoms. The van der Waals surface area contributed by atoms with E-state index in [1.54, 1.807) is 48.5 Å². The Morgan fingerprint density at radius 2 is 1.56 bits per heavy atom. The minimum atomic E-state index is -0.839. The summed E-state index contributed by atoms with van der Waals surface area (Å²) in [5.41, 5.74) is 1.71. The third kappa shape index (κ3) is 9.40. The molecule has 0 radical (unpaired) electrons. The van der Waals surface area contributed by atoms with E-state index in [1.165, 1.54) is 48.3 Å². The van der Waals surface area contributed by atoms with E-state index in [0.29, 0.717) is 23.4 Å². The summed E-state index contributed by atoms with van der Waals surface area (Å²) < 4.78 is 19.5. The summed E-state index contributed by atoms with van der Waals surface area (Å²) in [7, 11) is 0. The molecule has 0 aromatic heterocycles. The second-order valence-corrected chi connectivity index (χ2v) is 10.8. The molecule has 0 bridgehead atoms. The highest BCUT2D eigenvalue weighted by Gasteiger charge is 2.28. The molecule has 0 spiro atoms. The van der Waals surface area contributed by atoms with Gasteiger partial charge in [0.25, 0.3) is 0 Å². The molecule has 0 fully saturated rings. The molecule has 0 aliphatic rings. The molecule has 200 valence electrons. The smallest absolute Gasteiger partial charge is 0.414 e. The van der Waals surface area contributed by atoms with Crippen LogP contribution < -0.4 is 4.90 Å². The molecule has 1 amide bonds. The van der Waals surface area contributed by atoms with Gasteiger partial charge in [0.05, 0.1) is 5.69 Å². The average molecular weight is 500 g/mol. The Balaban J connectivity index is 0.000000420. The second-order valence-electron chi connectivity index (χ2n) is 10.8. The summed E-state index contributed by atoms with van der Waals surface area (Å²) in [6.07, 6.45) is 5.49. The lowest BCUT2D eigenvalue weighted by atomic mass is 9.83. The van der Waals surface area contributed by atoms with Crippen LogP contribution in [0.2, 0.25) is 0 Å². The van der Waals surface area contributed by atoms with Crippen molar-refractivity contribution in [1.82, 2.24) is 0 Å². The topological polar surface area (TPSA) is 46.6 Å².